The van der Waals surface area contributed by atoms with Gasteiger partial charge in [0.1, 0.15) is 11.7 Å². The van der Waals surface area contributed by atoms with Crippen molar-refractivity contribution < 1.29 is 28.9 Å². The van der Waals surface area contributed by atoms with Gasteiger partial charge >= 0.3 is 5.97 Å². The number of imide groups is 1. The van der Waals surface area contributed by atoms with Crippen molar-refractivity contribution >= 4 is 34.8 Å². The van der Waals surface area contributed by atoms with Crippen molar-refractivity contribution in [3.05, 3.63) is 130 Å². The topological polar surface area (TPSA) is 119 Å². The van der Waals surface area contributed by atoms with E-state index in [0.29, 0.717) is 22.5 Å². The quantitative estimate of drug-likeness (QED) is 0.106. The lowest BCUT2D eigenvalue weighted by atomic mass is 9.90. The van der Waals surface area contributed by atoms with E-state index < -0.39 is 40.8 Å². The fraction of sp³-hybridized carbons (Fsp3) is 0.129. The largest absolute Gasteiger partial charge is 0.423 e. The summed E-state index contributed by atoms with van der Waals surface area (Å²) in [5.74, 6) is -2.12. The number of fused-ring (bicyclic) bond motifs is 1. The fourth-order valence-corrected chi connectivity index (χ4v) is 5.22. The molecular weight excluding hydrogens is 526 g/mol. The number of nitro groups is 1. The lowest BCUT2D eigenvalue weighted by Crippen LogP contribution is -2.37. The van der Waals surface area contributed by atoms with Gasteiger partial charge in [-0.1, -0.05) is 48.5 Å². The van der Waals surface area contributed by atoms with Gasteiger partial charge in [0.15, 0.2) is 6.10 Å². The number of benzene rings is 4. The Morgan fingerprint density at radius 2 is 1.56 bits per heavy atom. The number of ether oxygens (including phenoxy) is 1. The van der Waals surface area contributed by atoms with E-state index in [4.69, 9.17) is 9.57 Å². The number of nitro benzene ring substituents is 1. The molecule has 6 rings (SSSR count). The summed E-state index contributed by atoms with van der Waals surface area (Å²) in [6, 6.07) is 27.2. The van der Waals surface area contributed by atoms with Crippen molar-refractivity contribution in [2.45, 2.75) is 19.1 Å². The second-order valence-electron chi connectivity index (χ2n) is 9.77. The van der Waals surface area contributed by atoms with E-state index in [9.17, 15) is 24.5 Å². The van der Waals surface area contributed by atoms with E-state index in [2.05, 4.69) is 0 Å². The van der Waals surface area contributed by atoms with Crippen molar-refractivity contribution in [3.63, 3.8) is 0 Å². The van der Waals surface area contributed by atoms with Crippen LogP contribution < -0.4 is 14.7 Å². The first-order valence-corrected chi connectivity index (χ1v) is 12.8. The van der Waals surface area contributed by atoms with Crippen LogP contribution in [0.1, 0.15) is 27.5 Å². The molecule has 4 aromatic rings. The molecule has 2 aliphatic heterocycles. The summed E-state index contributed by atoms with van der Waals surface area (Å²) < 4.78 is 5.49. The standard InChI is InChI=1S/C31H23N3O7/c1-19-7-5-10-22(17-19)32-29(35)26-27(20-13-15-25(16-14-20)40-31(37)21-8-3-2-4-9-21)33(41-28(26)30(32)36)23-11-6-12-24(18-23)34(38)39/h2-18,26-28H,1H3. The highest BCUT2D eigenvalue weighted by molar-refractivity contribution is 6.24. The Labute approximate surface area is 234 Å². The number of esters is 1. The molecule has 0 radical (unpaired) electrons. The number of hydrogen-bond acceptors (Lipinski definition) is 8. The normalized spacial score (nSPS) is 19.8. The second kappa shape index (κ2) is 10.3. The van der Waals surface area contributed by atoms with Gasteiger partial charge < -0.3 is 4.74 Å². The van der Waals surface area contributed by atoms with Crippen molar-refractivity contribution in [3.8, 4) is 5.75 Å². The molecule has 0 aliphatic carbocycles. The number of nitrogens with zero attached hydrogens (tertiary/aromatic N) is 3. The summed E-state index contributed by atoms with van der Waals surface area (Å²) in [5.41, 5.74) is 2.48. The minimum absolute atomic E-state index is 0.163. The number of non-ortho nitro benzene ring substituents is 1. The Hall–Kier alpha value is -5.35. The molecule has 2 heterocycles. The lowest BCUT2D eigenvalue weighted by molar-refractivity contribution is -0.384. The zero-order valence-corrected chi connectivity index (χ0v) is 21.7. The van der Waals surface area contributed by atoms with Crippen LogP contribution in [0.4, 0.5) is 17.1 Å². The van der Waals surface area contributed by atoms with Crippen LogP contribution in [0.5, 0.6) is 5.75 Å². The predicted octanol–water partition coefficient (Wildman–Crippen LogP) is 5.17. The second-order valence-corrected chi connectivity index (χ2v) is 9.77. The zero-order chi connectivity index (χ0) is 28.7. The van der Waals surface area contributed by atoms with Crippen LogP contribution in [0, 0.1) is 23.0 Å². The first-order valence-electron chi connectivity index (χ1n) is 12.8. The highest BCUT2D eigenvalue weighted by atomic mass is 16.7. The molecule has 204 valence electrons. The van der Waals surface area contributed by atoms with Gasteiger partial charge in [0, 0.05) is 12.1 Å². The monoisotopic (exact) mass is 549 g/mol. The number of carbonyl (C=O) groups excluding carboxylic acids is 3. The van der Waals surface area contributed by atoms with E-state index in [-0.39, 0.29) is 11.4 Å². The molecule has 10 nitrogen and oxygen atoms in total. The third-order valence-corrected chi connectivity index (χ3v) is 7.11. The van der Waals surface area contributed by atoms with Crippen molar-refractivity contribution in [1.29, 1.82) is 0 Å². The minimum atomic E-state index is -1.14. The number of anilines is 2. The number of aryl methyl sites for hydroxylation is 1. The van der Waals surface area contributed by atoms with Crippen LogP contribution in [-0.4, -0.2) is 28.8 Å². The van der Waals surface area contributed by atoms with E-state index in [1.165, 1.54) is 23.3 Å². The van der Waals surface area contributed by atoms with Gasteiger partial charge in [0.25, 0.3) is 11.6 Å². The number of rotatable bonds is 6. The van der Waals surface area contributed by atoms with E-state index in [0.717, 1.165) is 10.5 Å². The Morgan fingerprint density at radius 3 is 2.27 bits per heavy atom. The molecule has 10 heteroatoms. The SMILES string of the molecule is Cc1cccc(N2C(=O)C3ON(c4cccc([N+](=O)[O-])c4)C(c4ccc(OC(=O)c5ccccc5)cc4)C3C2=O)c1. The summed E-state index contributed by atoms with van der Waals surface area (Å²) in [6.07, 6.45) is -1.14. The summed E-state index contributed by atoms with van der Waals surface area (Å²) in [4.78, 5) is 58.1. The molecule has 2 saturated heterocycles. The van der Waals surface area contributed by atoms with Crippen molar-refractivity contribution in [2.75, 3.05) is 9.96 Å². The van der Waals surface area contributed by atoms with Gasteiger partial charge in [-0.15, -0.1) is 0 Å². The molecule has 0 N–H and O–H groups in total. The van der Waals surface area contributed by atoms with Gasteiger partial charge in [0.05, 0.1) is 27.9 Å². The summed E-state index contributed by atoms with van der Waals surface area (Å²) in [7, 11) is 0. The lowest BCUT2D eigenvalue weighted by Gasteiger charge is -2.28. The van der Waals surface area contributed by atoms with Crippen LogP contribution in [0.15, 0.2) is 103 Å². The molecule has 0 bridgehead atoms. The van der Waals surface area contributed by atoms with Crippen LogP contribution in [0.3, 0.4) is 0 Å². The zero-order valence-electron chi connectivity index (χ0n) is 21.7. The summed E-state index contributed by atoms with van der Waals surface area (Å²) in [5, 5.41) is 12.9. The maximum absolute atomic E-state index is 13.8. The maximum atomic E-state index is 13.8. The summed E-state index contributed by atoms with van der Waals surface area (Å²) in [6.45, 7) is 1.87. The molecule has 0 saturated carbocycles. The van der Waals surface area contributed by atoms with Gasteiger partial charge in [0.2, 0.25) is 5.91 Å². The van der Waals surface area contributed by atoms with Gasteiger partial charge in [-0.25, -0.2) is 14.8 Å². The predicted molar refractivity (Wildman–Crippen MR) is 148 cm³/mol. The van der Waals surface area contributed by atoms with E-state index in [1.54, 1.807) is 78.9 Å². The maximum Gasteiger partial charge on any atom is 0.343 e. The van der Waals surface area contributed by atoms with Crippen LogP contribution >= 0.6 is 0 Å². The van der Waals surface area contributed by atoms with Crippen LogP contribution in [-0.2, 0) is 14.4 Å². The van der Waals surface area contributed by atoms with E-state index >= 15 is 0 Å². The number of amides is 2. The molecule has 0 spiro atoms. The fourth-order valence-electron chi connectivity index (χ4n) is 5.22. The molecule has 3 unspecified atom stereocenters. The van der Waals surface area contributed by atoms with Crippen LogP contribution in [0.2, 0.25) is 0 Å². The Balaban J connectivity index is 1.36. The molecular formula is C31H23N3O7. The number of hydroxylamine groups is 1. The third-order valence-electron chi connectivity index (χ3n) is 7.11. The van der Waals surface area contributed by atoms with E-state index in [1.807, 2.05) is 13.0 Å². The first kappa shape index (κ1) is 25.9. The molecule has 0 aromatic heterocycles. The highest BCUT2D eigenvalue weighted by Crippen LogP contribution is 2.48. The molecule has 2 aliphatic rings. The third kappa shape index (κ3) is 4.70. The smallest absolute Gasteiger partial charge is 0.343 e. The number of carbonyl (C=O) groups is 3. The average molecular weight is 550 g/mol. The molecule has 3 atom stereocenters. The van der Waals surface area contributed by atoms with Crippen LogP contribution in [0.25, 0.3) is 0 Å². The molecule has 41 heavy (non-hydrogen) atoms. The van der Waals surface area contributed by atoms with Crippen molar-refractivity contribution in [1.82, 2.24) is 0 Å². The first-order chi connectivity index (χ1) is 19.8. The average Bonchev–Trinajstić information content (AvgIpc) is 3.49. The molecule has 2 amide bonds. The Kier molecular flexibility index (Phi) is 6.52. The van der Waals surface area contributed by atoms with Crippen molar-refractivity contribution in [2.24, 2.45) is 5.92 Å². The van der Waals surface area contributed by atoms with Gasteiger partial charge in [-0.2, -0.15) is 0 Å². The Morgan fingerprint density at radius 1 is 0.854 bits per heavy atom. The highest BCUT2D eigenvalue weighted by Gasteiger charge is 2.60. The number of hydrogen-bond donors (Lipinski definition) is 0. The Bertz CT molecular complexity index is 1670. The molecule has 4 aromatic carbocycles. The molecule has 2 fully saturated rings. The van der Waals surface area contributed by atoms with Gasteiger partial charge in [-0.05, 0) is 60.5 Å². The minimum Gasteiger partial charge on any atom is -0.423 e. The summed E-state index contributed by atoms with van der Waals surface area (Å²) >= 11 is 0. The van der Waals surface area contributed by atoms with Gasteiger partial charge in [-0.3, -0.25) is 24.5 Å².